The van der Waals surface area contributed by atoms with Gasteiger partial charge in [-0.25, -0.2) is 0 Å². The van der Waals surface area contributed by atoms with Gasteiger partial charge in [0.1, 0.15) is 0 Å². The third-order valence-corrected chi connectivity index (χ3v) is 4.05. The third kappa shape index (κ3) is 4.59. The molecule has 1 aliphatic rings. The maximum atomic E-state index is 3.60. The Morgan fingerprint density at radius 3 is 2.47 bits per heavy atom. The lowest BCUT2D eigenvalue weighted by atomic mass is 10.1. The van der Waals surface area contributed by atoms with Gasteiger partial charge in [0.15, 0.2) is 0 Å². The molecule has 0 radical (unpaired) electrons. The zero-order valence-corrected chi connectivity index (χ0v) is 12.7. The molecule has 0 aromatic carbocycles. The fourth-order valence-corrected chi connectivity index (χ4v) is 3.11. The topological polar surface area (TPSA) is 15.3 Å². The molecule has 17 heavy (non-hydrogen) atoms. The highest BCUT2D eigenvalue weighted by atomic mass is 15.2. The highest BCUT2D eigenvalue weighted by Gasteiger charge is 2.32. The molecule has 0 amide bonds. The smallest absolute Gasteiger partial charge is 0.00988 e. The maximum Gasteiger partial charge on any atom is 0.00988 e. The largest absolute Gasteiger partial charge is 0.312 e. The minimum absolute atomic E-state index is 0.250. The van der Waals surface area contributed by atoms with Crippen LogP contribution in [0.5, 0.6) is 0 Å². The lowest BCUT2D eigenvalue weighted by molar-refractivity contribution is 0.135. The molecule has 2 nitrogen and oxygen atoms in total. The summed E-state index contributed by atoms with van der Waals surface area (Å²) in [5.74, 6) is 0. The summed E-state index contributed by atoms with van der Waals surface area (Å²) in [6.45, 7) is 15.0. The average Bonchev–Trinajstić information content (AvgIpc) is 2.57. The molecule has 1 heterocycles. The molecule has 3 unspecified atom stereocenters. The summed E-state index contributed by atoms with van der Waals surface area (Å²) >= 11 is 0. The van der Waals surface area contributed by atoms with Crippen LogP contribution in [0.1, 0.15) is 67.2 Å². The van der Waals surface area contributed by atoms with Crippen molar-refractivity contribution >= 4 is 0 Å². The Hall–Kier alpha value is -0.0800. The van der Waals surface area contributed by atoms with E-state index in [-0.39, 0.29) is 5.54 Å². The lowest BCUT2D eigenvalue weighted by Gasteiger charge is -2.34. The Balaban J connectivity index is 2.38. The van der Waals surface area contributed by atoms with Crippen molar-refractivity contribution in [1.29, 1.82) is 0 Å². The van der Waals surface area contributed by atoms with Crippen LogP contribution in [0.15, 0.2) is 0 Å². The first-order valence-electron chi connectivity index (χ1n) is 7.37. The molecule has 102 valence electrons. The summed E-state index contributed by atoms with van der Waals surface area (Å²) in [5.41, 5.74) is 0.250. The number of likely N-dealkylation sites (tertiary alicyclic amines) is 1. The van der Waals surface area contributed by atoms with E-state index in [2.05, 4.69) is 51.8 Å². The van der Waals surface area contributed by atoms with E-state index in [1.807, 2.05) is 0 Å². The monoisotopic (exact) mass is 240 g/mol. The summed E-state index contributed by atoms with van der Waals surface area (Å²) in [7, 11) is 0. The van der Waals surface area contributed by atoms with Crippen LogP contribution in [-0.2, 0) is 0 Å². The molecule has 0 bridgehead atoms. The second-order valence-electron chi connectivity index (χ2n) is 6.75. The summed E-state index contributed by atoms with van der Waals surface area (Å²) < 4.78 is 0. The highest BCUT2D eigenvalue weighted by molar-refractivity contribution is 4.88. The lowest BCUT2D eigenvalue weighted by Crippen LogP contribution is -2.44. The molecule has 1 aliphatic heterocycles. The third-order valence-electron chi connectivity index (χ3n) is 4.05. The van der Waals surface area contributed by atoms with Crippen LogP contribution in [0.2, 0.25) is 0 Å². The molecule has 2 heteroatoms. The van der Waals surface area contributed by atoms with E-state index in [9.17, 15) is 0 Å². The van der Waals surface area contributed by atoms with Crippen molar-refractivity contribution in [2.45, 2.75) is 90.9 Å². The summed E-state index contributed by atoms with van der Waals surface area (Å²) in [5, 5.41) is 3.60. The van der Waals surface area contributed by atoms with Gasteiger partial charge in [0.05, 0.1) is 0 Å². The van der Waals surface area contributed by atoms with Crippen LogP contribution >= 0.6 is 0 Å². The van der Waals surface area contributed by atoms with Crippen LogP contribution < -0.4 is 5.32 Å². The fraction of sp³-hybridized carbons (Fsp3) is 1.00. The summed E-state index contributed by atoms with van der Waals surface area (Å²) in [6, 6.07) is 2.33. The van der Waals surface area contributed by atoms with Crippen molar-refractivity contribution < 1.29 is 0 Å². The van der Waals surface area contributed by atoms with E-state index in [1.165, 1.54) is 25.7 Å². The molecule has 1 rings (SSSR count). The second-order valence-corrected chi connectivity index (χ2v) is 6.75. The zero-order chi connectivity index (χ0) is 13.1. The fourth-order valence-electron chi connectivity index (χ4n) is 3.11. The van der Waals surface area contributed by atoms with E-state index < -0.39 is 0 Å². The van der Waals surface area contributed by atoms with Crippen molar-refractivity contribution in [2.24, 2.45) is 0 Å². The Labute approximate surface area is 108 Å². The first-order chi connectivity index (χ1) is 7.85. The normalized spacial score (nSPS) is 28.6. The van der Waals surface area contributed by atoms with E-state index in [0.717, 1.165) is 18.6 Å². The van der Waals surface area contributed by atoms with Crippen molar-refractivity contribution in [3.8, 4) is 0 Å². The predicted octanol–water partition coefficient (Wildman–Crippen LogP) is 3.42. The standard InChI is InChI=1S/C15H32N2/c1-7-14-9-8-12(2)17(14)13(3)10-11-16-15(4,5)6/h12-14,16H,7-11H2,1-6H3. The highest BCUT2D eigenvalue weighted by Crippen LogP contribution is 2.29. The van der Waals surface area contributed by atoms with Crippen molar-refractivity contribution in [1.82, 2.24) is 10.2 Å². The zero-order valence-electron chi connectivity index (χ0n) is 12.7. The molecular weight excluding hydrogens is 208 g/mol. The molecule has 0 aliphatic carbocycles. The van der Waals surface area contributed by atoms with Gasteiger partial charge < -0.3 is 5.32 Å². The van der Waals surface area contributed by atoms with Gasteiger partial charge in [0.2, 0.25) is 0 Å². The van der Waals surface area contributed by atoms with E-state index in [0.29, 0.717) is 6.04 Å². The second kappa shape index (κ2) is 6.19. The average molecular weight is 240 g/mol. The number of hydrogen-bond donors (Lipinski definition) is 1. The molecule has 0 saturated carbocycles. The van der Waals surface area contributed by atoms with Gasteiger partial charge in [-0.15, -0.1) is 0 Å². The van der Waals surface area contributed by atoms with E-state index in [1.54, 1.807) is 0 Å². The van der Waals surface area contributed by atoms with Crippen LogP contribution in [-0.4, -0.2) is 35.1 Å². The molecule has 1 saturated heterocycles. The molecule has 0 spiro atoms. The molecular formula is C15H32N2. The van der Waals surface area contributed by atoms with Crippen molar-refractivity contribution in [2.75, 3.05) is 6.54 Å². The van der Waals surface area contributed by atoms with Gasteiger partial charge in [-0.1, -0.05) is 6.92 Å². The molecule has 1 fully saturated rings. The maximum absolute atomic E-state index is 3.60. The first-order valence-corrected chi connectivity index (χ1v) is 7.37. The van der Waals surface area contributed by atoms with Gasteiger partial charge >= 0.3 is 0 Å². The molecule has 0 aromatic rings. The number of nitrogens with zero attached hydrogens (tertiary/aromatic N) is 1. The minimum Gasteiger partial charge on any atom is -0.312 e. The van der Waals surface area contributed by atoms with E-state index >= 15 is 0 Å². The van der Waals surface area contributed by atoms with Gasteiger partial charge in [-0.05, 0) is 66.8 Å². The van der Waals surface area contributed by atoms with Crippen LogP contribution in [0.3, 0.4) is 0 Å². The van der Waals surface area contributed by atoms with Crippen LogP contribution in [0.4, 0.5) is 0 Å². The van der Waals surface area contributed by atoms with Gasteiger partial charge in [-0.2, -0.15) is 0 Å². The van der Waals surface area contributed by atoms with Crippen LogP contribution in [0, 0.1) is 0 Å². The Morgan fingerprint density at radius 1 is 1.29 bits per heavy atom. The SMILES string of the molecule is CCC1CCC(C)N1C(C)CCNC(C)(C)C. The summed E-state index contributed by atoms with van der Waals surface area (Å²) in [4.78, 5) is 2.75. The Kier molecular flexibility index (Phi) is 5.46. The number of nitrogens with one attached hydrogen (secondary N) is 1. The molecule has 3 atom stereocenters. The van der Waals surface area contributed by atoms with E-state index in [4.69, 9.17) is 0 Å². The van der Waals surface area contributed by atoms with Crippen molar-refractivity contribution in [3.05, 3.63) is 0 Å². The quantitative estimate of drug-likeness (QED) is 0.792. The number of rotatable bonds is 5. The molecule has 1 N–H and O–H groups in total. The predicted molar refractivity (Wildman–Crippen MR) is 76.4 cm³/mol. The molecule has 0 aromatic heterocycles. The van der Waals surface area contributed by atoms with Gasteiger partial charge in [0.25, 0.3) is 0 Å². The van der Waals surface area contributed by atoms with Crippen LogP contribution in [0.25, 0.3) is 0 Å². The van der Waals surface area contributed by atoms with Crippen molar-refractivity contribution in [3.63, 3.8) is 0 Å². The minimum atomic E-state index is 0.250. The van der Waals surface area contributed by atoms with Gasteiger partial charge in [0, 0.05) is 23.7 Å². The summed E-state index contributed by atoms with van der Waals surface area (Å²) in [6.07, 6.45) is 5.35. The first kappa shape index (κ1) is 15.0. The number of hydrogen-bond acceptors (Lipinski definition) is 2. The Morgan fingerprint density at radius 2 is 1.94 bits per heavy atom. The van der Waals surface area contributed by atoms with Gasteiger partial charge in [-0.3, -0.25) is 4.90 Å². The Bertz CT molecular complexity index is 219.